The maximum Gasteiger partial charge on any atom is 0.277 e. The highest BCUT2D eigenvalue weighted by atomic mass is 35.5. The molecule has 0 saturated heterocycles. The van der Waals surface area contributed by atoms with Crippen LogP contribution in [-0.2, 0) is 0 Å². The predicted octanol–water partition coefficient (Wildman–Crippen LogP) is 5.35. The SMILES string of the molecule is CCOc1nn(-c2ccc(C3CC3)nn2)c(C)c1Oc1cc(Cl)cc(Cl)c1. The van der Waals surface area contributed by atoms with Crippen LogP contribution in [0.15, 0.2) is 30.3 Å². The van der Waals surface area contributed by atoms with Crippen molar-refractivity contribution in [1.29, 1.82) is 0 Å². The van der Waals surface area contributed by atoms with Crippen molar-refractivity contribution in [2.24, 2.45) is 0 Å². The van der Waals surface area contributed by atoms with E-state index in [4.69, 9.17) is 32.7 Å². The molecule has 1 saturated carbocycles. The lowest BCUT2D eigenvalue weighted by Gasteiger charge is -2.08. The van der Waals surface area contributed by atoms with Gasteiger partial charge in [0.2, 0.25) is 5.75 Å². The van der Waals surface area contributed by atoms with E-state index in [0.29, 0.717) is 45.8 Å². The second kappa shape index (κ2) is 7.37. The van der Waals surface area contributed by atoms with Gasteiger partial charge in [0.1, 0.15) is 5.75 Å². The van der Waals surface area contributed by atoms with Crippen molar-refractivity contribution in [3.8, 4) is 23.2 Å². The van der Waals surface area contributed by atoms with Crippen LogP contribution < -0.4 is 9.47 Å². The van der Waals surface area contributed by atoms with Crippen LogP contribution in [0.4, 0.5) is 0 Å². The van der Waals surface area contributed by atoms with Crippen molar-refractivity contribution in [3.05, 3.63) is 51.8 Å². The van der Waals surface area contributed by atoms with E-state index >= 15 is 0 Å². The molecule has 1 aliphatic rings. The van der Waals surface area contributed by atoms with Crippen LogP contribution >= 0.6 is 23.2 Å². The molecular formula is C19H18Cl2N4O2. The lowest BCUT2D eigenvalue weighted by Crippen LogP contribution is -2.04. The van der Waals surface area contributed by atoms with Gasteiger partial charge in [-0.2, -0.15) is 5.10 Å². The molecule has 0 spiro atoms. The molecule has 3 aromatic rings. The Kier molecular flexibility index (Phi) is 4.93. The minimum absolute atomic E-state index is 0.374. The summed E-state index contributed by atoms with van der Waals surface area (Å²) in [7, 11) is 0. The maximum atomic E-state index is 6.07. The van der Waals surface area contributed by atoms with Gasteiger partial charge in [-0.15, -0.1) is 10.2 Å². The first-order chi connectivity index (χ1) is 13.0. The Hall–Kier alpha value is -2.31. The second-order valence-corrected chi connectivity index (χ2v) is 7.24. The summed E-state index contributed by atoms with van der Waals surface area (Å²) in [5.41, 5.74) is 1.77. The quantitative estimate of drug-likeness (QED) is 0.554. The van der Waals surface area contributed by atoms with Crippen LogP contribution in [-0.4, -0.2) is 26.6 Å². The summed E-state index contributed by atoms with van der Waals surface area (Å²) in [5, 5.41) is 14.1. The number of hydrogen-bond acceptors (Lipinski definition) is 5. The van der Waals surface area contributed by atoms with Gasteiger partial charge < -0.3 is 9.47 Å². The molecule has 0 bridgehead atoms. The topological polar surface area (TPSA) is 62.1 Å². The van der Waals surface area contributed by atoms with Crippen LogP contribution in [0.2, 0.25) is 10.0 Å². The van der Waals surface area contributed by atoms with Gasteiger partial charge in [0.05, 0.1) is 18.0 Å². The van der Waals surface area contributed by atoms with Gasteiger partial charge in [0.15, 0.2) is 5.82 Å². The zero-order valence-electron chi connectivity index (χ0n) is 14.9. The van der Waals surface area contributed by atoms with E-state index in [1.54, 1.807) is 22.9 Å². The molecule has 8 heteroatoms. The number of rotatable bonds is 6. The Morgan fingerprint density at radius 2 is 1.85 bits per heavy atom. The molecule has 0 unspecified atom stereocenters. The third kappa shape index (κ3) is 3.87. The van der Waals surface area contributed by atoms with E-state index in [2.05, 4.69) is 15.3 Å². The molecular weight excluding hydrogens is 387 g/mol. The molecule has 27 heavy (non-hydrogen) atoms. The Morgan fingerprint density at radius 3 is 2.44 bits per heavy atom. The van der Waals surface area contributed by atoms with Crippen LogP contribution in [0.25, 0.3) is 5.82 Å². The molecule has 2 heterocycles. The summed E-state index contributed by atoms with van der Waals surface area (Å²) in [6.45, 7) is 4.22. The Bertz CT molecular complexity index is 948. The maximum absolute atomic E-state index is 6.07. The minimum Gasteiger partial charge on any atom is -0.474 e. The highest BCUT2D eigenvalue weighted by Gasteiger charge is 2.26. The smallest absolute Gasteiger partial charge is 0.277 e. The number of benzene rings is 1. The van der Waals surface area contributed by atoms with Crippen molar-refractivity contribution in [1.82, 2.24) is 20.0 Å². The molecule has 0 radical (unpaired) electrons. The lowest BCUT2D eigenvalue weighted by atomic mass is 10.3. The first kappa shape index (κ1) is 18.1. The molecule has 4 rings (SSSR count). The Morgan fingerprint density at radius 1 is 1.11 bits per heavy atom. The normalized spacial score (nSPS) is 13.6. The summed E-state index contributed by atoms with van der Waals surface area (Å²) in [6.07, 6.45) is 2.37. The molecule has 1 aromatic carbocycles. The van der Waals surface area contributed by atoms with E-state index in [1.165, 1.54) is 12.8 Å². The van der Waals surface area contributed by atoms with Crippen molar-refractivity contribution in [2.75, 3.05) is 6.61 Å². The van der Waals surface area contributed by atoms with Gasteiger partial charge in [-0.25, -0.2) is 4.68 Å². The van der Waals surface area contributed by atoms with Gasteiger partial charge >= 0.3 is 0 Å². The zero-order valence-corrected chi connectivity index (χ0v) is 16.5. The summed E-state index contributed by atoms with van der Waals surface area (Å²) in [6, 6.07) is 8.93. The summed E-state index contributed by atoms with van der Waals surface area (Å²) < 4.78 is 13.3. The van der Waals surface area contributed by atoms with Crippen molar-refractivity contribution >= 4 is 23.2 Å². The van der Waals surface area contributed by atoms with E-state index in [-0.39, 0.29) is 0 Å². The van der Waals surface area contributed by atoms with E-state index in [9.17, 15) is 0 Å². The third-order valence-corrected chi connectivity index (χ3v) is 4.69. The fraction of sp³-hybridized carbons (Fsp3) is 0.316. The van der Waals surface area contributed by atoms with Crippen molar-refractivity contribution in [3.63, 3.8) is 0 Å². The standard InChI is InChI=1S/C19H18Cl2N4O2/c1-3-26-19-18(27-15-9-13(20)8-14(21)10-15)11(2)25(24-19)17-7-6-16(22-23-17)12-4-5-12/h6-10,12H,3-5H2,1-2H3. The van der Waals surface area contributed by atoms with Crippen LogP contribution in [0.1, 0.15) is 37.1 Å². The molecule has 140 valence electrons. The van der Waals surface area contributed by atoms with Crippen molar-refractivity contribution < 1.29 is 9.47 Å². The third-order valence-electron chi connectivity index (χ3n) is 4.25. The molecule has 0 N–H and O–H groups in total. The first-order valence-corrected chi connectivity index (χ1v) is 9.51. The zero-order chi connectivity index (χ0) is 19.0. The van der Waals surface area contributed by atoms with E-state index in [0.717, 1.165) is 11.4 Å². The lowest BCUT2D eigenvalue weighted by molar-refractivity contribution is 0.308. The van der Waals surface area contributed by atoms with Crippen LogP contribution in [0, 0.1) is 6.92 Å². The number of aromatic nitrogens is 4. The summed E-state index contributed by atoms with van der Waals surface area (Å²) in [5.74, 6) is 2.53. The highest BCUT2D eigenvalue weighted by molar-refractivity contribution is 6.34. The fourth-order valence-corrected chi connectivity index (χ4v) is 3.29. The molecule has 0 amide bonds. The van der Waals surface area contributed by atoms with E-state index in [1.807, 2.05) is 26.0 Å². The molecule has 1 aliphatic carbocycles. The van der Waals surface area contributed by atoms with Crippen LogP contribution in [0.3, 0.4) is 0 Å². The monoisotopic (exact) mass is 404 g/mol. The Labute approximate surface area is 167 Å². The average Bonchev–Trinajstić information content (AvgIpc) is 3.43. The fourth-order valence-electron chi connectivity index (χ4n) is 2.78. The second-order valence-electron chi connectivity index (χ2n) is 6.36. The summed E-state index contributed by atoms with van der Waals surface area (Å²) in [4.78, 5) is 0. The van der Waals surface area contributed by atoms with Gasteiger partial charge in [-0.1, -0.05) is 23.2 Å². The van der Waals surface area contributed by atoms with Crippen molar-refractivity contribution in [2.45, 2.75) is 32.6 Å². The number of nitrogens with zero attached hydrogens (tertiary/aromatic N) is 4. The minimum atomic E-state index is 0.374. The number of ether oxygens (including phenoxy) is 2. The number of hydrogen-bond donors (Lipinski definition) is 0. The van der Waals surface area contributed by atoms with Crippen LogP contribution in [0.5, 0.6) is 17.4 Å². The number of halogens is 2. The van der Waals surface area contributed by atoms with E-state index < -0.39 is 0 Å². The largest absolute Gasteiger partial charge is 0.474 e. The molecule has 0 aliphatic heterocycles. The highest BCUT2D eigenvalue weighted by Crippen LogP contribution is 2.39. The Balaban J connectivity index is 1.70. The van der Waals surface area contributed by atoms with Gasteiger partial charge in [-0.05, 0) is 57.0 Å². The molecule has 6 nitrogen and oxygen atoms in total. The molecule has 0 atom stereocenters. The molecule has 2 aromatic heterocycles. The van der Waals surface area contributed by atoms with Gasteiger partial charge in [0, 0.05) is 16.0 Å². The van der Waals surface area contributed by atoms with Gasteiger partial charge in [-0.3, -0.25) is 0 Å². The average molecular weight is 405 g/mol. The molecule has 1 fully saturated rings. The van der Waals surface area contributed by atoms with Gasteiger partial charge in [0.25, 0.3) is 5.88 Å². The first-order valence-electron chi connectivity index (χ1n) is 8.75. The summed E-state index contributed by atoms with van der Waals surface area (Å²) >= 11 is 12.1. The predicted molar refractivity (Wildman–Crippen MR) is 104 cm³/mol.